The van der Waals surface area contributed by atoms with E-state index in [1.165, 1.54) is 60.8 Å². The molecule has 68 heavy (non-hydrogen) atoms. The van der Waals surface area contributed by atoms with Crippen molar-refractivity contribution < 1.29 is 8.98 Å². The molecule has 0 radical (unpaired) electrons. The summed E-state index contributed by atoms with van der Waals surface area (Å²) in [7, 11) is 0. The zero-order valence-corrected chi connectivity index (χ0v) is 41.9. The summed E-state index contributed by atoms with van der Waals surface area (Å²) >= 11 is 0. The van der Waals surface area contributed by atoms with Crippen LogP contribution in [0.1, 0.15) is 123 Å². The van der Waals surface area contributed by atoms with E-state index in [0.717, 1.165) is 51.1 Å². The van der Waals surface area contributed by atoms with Crippen LogP contribution >= 0.6 is 0 Å². The first-order valence-corrected chi connectivity index (χ1v) is 24.4. The molecule has 1 unspecified atom stereocenters. The molecule has 1 atom stereocenters. The molecule has 0 N–H and O–H groups in total. The van der Waals surface area contributed by atoms with Crippen molar-refractivity contribution in [2.45, 2.75) is 111 Å². The SMILES string of the molecule is CC(C)(C)c1ccc(N(c2cccc(C(C)(C)C)c2)c2ccc3cc4c5c(c3c2)-c2ccccc2C5[n+]2c-4oc3ccc(N(c4ccc(C(C)(C)C)cc4)c4cccc(C(C)(C)C)c4)cc32)cc1. The fourth-order valence-electron chi connectivity index (χ4n) is 10.6. The number of nitrogens with zero attached hydrogens (tertiary/aromatic N) is 3. The minimum Gasteiger partial charge on any atom is -0.398 e. The van der Waals surface area contributed by atoms with Gasteiger partial charge < -0.3 is 14.2 Å². The normalized spacial score (nSPS) is 14.3. The second-order valence-electron chi connectivity index (χ2n) is 23.4. The first-order chi connectivity index (χ1) is 32.2. The van der Waals surface area contributed by atoms with E-state index in [-0.39, 0.29) is 27.7 Å². The lowest BCUT2D eigenvalue weighted by atomic mass is 9.86. The largest absolute Gasteiger partial charge is 0.398 e. The Morgan fingerprint density at radius 3 is 1.44 bits per heavy atom. The van der Waals surface area contributed by atoms with E-state index in [9.17, 15) is 0 Å². The minimum atomic E-state index is -0.0241. The number of rotatable bonds is 6. The highest BCUT2D eigenvalue weighted by Gasteiger charge is 2.50. The Kier molecular flexibility index (Phi) is 9.82. The third kappa shape index (κ3) is 7.23. The summed E-state index contributed by atoms with van der Waals surface area (Å²) in [5.41, 5.74) is 20.5. The maximum absolute atomic E-state index is 7.01. The molecule has 2 aliphatic rings. The summed E-state index contributed by atoms with van der Waals surface area (Å²) in [6.45, 7) is 27.4. The second kappa shape index (κ2) is 15.3. The van der Waals surface area contributed by atoms with Crippen molar-refractivity contribution in [1.82, 2.24) is 0 Å². The minimum absolute atomic E-state index is 0.0000642. The van der Waals surface area contributed by atoms with Gasteiger partial charge in [0.05, 0.1) is 16.8 Å². The average Bonchev–Trinajstić information content (AvgIpc) is 3.94. The van der Waals surface area contributed by atoms with E-state index in [1.54, 1.807) is 0 Å². The summed E-state index contributed by atoms with van der Waals surface area (Å²) in [5, 5.41) is 2.45. The number of hydrogen-bond donors (Lipinski definition) is 0. The quantitative estimate of drug-likeness (QED) is 0.155. The molecule has 0 fully saturated rings. The number of anilines is 6. The molecule has 0 spiro atoms. The Morgan fingerprint density at radius 2 is 0.897 bits per heavy atom. The monoisotopic (exact) mass is 891 g/mol. The van der Waals surface area contributed by atoms with Crippen LogP contribution in [0, 0.1) is 0 Å². The smallest absolute Gasteiger partial charge is 0.383 e. The molecule has 1 aliphatic heterocycles. The zero-order chi connectivity index (χ0) is 47.7. The Hall–Kier alpha value is -6.91. The number of hydrogen-bond acceptors (Lipinski definition) is 3. The van der Waals surface area contributed by atoms with Crippen LogP contribution in [0.4, 0.5) is 34.1 Å². The summed E-state index contributed by atoms with van der Waals surface area (Å²) in [4.78, 5) is 4.85. The van der Waals surface area contributed by atoms with Gasteiger partial charge in [0.2, 0.25) is 11.6 Å². The van der Waals surface area contributed by atoms with Gasteiger partial charge in [-0.1, -0.05) is 162 Å². The van der Waals surface area contributed by atoms with Crippen molar-refractivity contribution in [3.8, 4) is 22.6 Å². The van der Waals surface area contributed by atoms with Crippen LogP contribution in [-0.2, 0) is 21.7 Å². The first kappa shape index (κ1) is 43.6. The molecule has 2 heterocycles. The van der Waals surface area contributed by atoms with Gasteiger partial charge in [-0.2, -0.15) is 0 Å². The average molecular weight is 891 g/mol. The predicted octanol–water partition coefficient (Wildman–Crippen LogP) is 17.6. The number of fused-ring (bicyclic) bond motifs is 10. The van der Waals surface area contributed by atoms with E-state index in [2.05, 4.69) is 261 Å². The van der Waals surface area contributed by atoms with E-state index in [4.69, 9.17) is 4.42 Å². The number of benzene rings is 8. The molecular formula is C64H64N3O+. The first-order valence-electron chi connectivity index (χ1n) is 24.4. The van der Waals surface area contributed by atoms with E-state index < -0.39 is 0 Å². The van der Waals surface area contributed by atoms with Crippen LogP contribution in [0.15, 0.2) is 168 Å². The van der Waals surface area contributed by atoms with Crippen LogP contribution in [0.25, 0.3) is 44.5 Å². The summed E-state index contributed by atoms with van der Waals surface area (Å²) < 4.78 is 9.49. The van der Waals surface area contributed by atoms with Crippen molar-refractivity contribution in [2.24, 2.45) is 0 Å². The van der Waals surface area contributed by atoms with Gasteiger partial charge in [0.15, 0.2) is 0 Å². The van der Waals surface area contributed by atoms with Gasteiger partial charge in [0.25, 0.3) is 5.52 Å². The third-order valence-electron chi connectivity index (χ3n) is 14.5. The number of aromatic nitrogens is 1. The van der Waals surface area contributed by atoms with Gasteiger partial charge in [-0.25, -0.2) is 0 Å². The third-order valence-corrected chi connectivity index (χ3v) is 14.5. The van der Waals surface area contributed by atoms with Crippen molar-refractivity contribution in [2.75, 3.05) is 9.80 Å². The fourth-order valence-corrected chi connectivity index (χ4v) is 10.6. The fraction of sp³-hybridized carbons (Fsp3) is 0.266. The van der Waals surface area contributed by atoms with E-state index in [1.807, 2.05) is 0 Å². The topological polar surface area (TPSA) is 23.5 Å². The summed E-state index contributed by atoms with van der Waals surface area (Å²) in [6, 6.07) is 61.6. The summed E-state index contributed by atoms with van der Waals surface area (Å²) in [5.74, 6) is 0.911. The van der Waals surface area contributed by atoms with Crippen LogP contribution in [0.5, 0.6) is 0 Å². The second-order valence-corrected chi connectivity index (χ2v) is 23.4. The lowest BCUT2D eigenvalue weighted by Crippen LogP contribution is -2.36. The van der Waals surface area contributed by atoms with Crippen LogP contribution in [0.2, 0.25) is 0 Å². The molecule has 0 saturated carbocycles. The van der Waals surface area contributed by atoms with Crippen molar-refractivity contribution in [3.63, 3.8) is 0 Å². The molecule has 340 valence electrons. The van der Waals surface area contributed by atoms with Crippen molar-refractivity contribution in [1.29, 1.82) is 0 Å². The molecule has 8 aromatic carbocycles. The molecule has 1 aromatic heterocycles. The molecule has 0 bridgehead atoms. The molecule has 4 heteroatoms. The Bertz CT molecular complexity index is 3430. The van der Waals surface area contributed by atoms with Gasteiger partial charge in [-0.05, 0) is 139 Å². The highest BCUT2D eigenvalue weighted by atomic mass is 16.4. The lowest BCUT2D eigenvalue weighted by molar-refractivity contribution is -0.665. The highest BCUT2D eigenvalue weighted by Crippen LogP contribution is 2.56. The summed E-state index contributed by atoms with van der Waals surface area (Å²) in [6.07, 6.45) is 0. The standard InChI is InChI=1S/C64H64N3O/c1-61(2,3)41-24-29-45(30-25-41)65(47-19-15-17-43(36-47)63(7,8)9)49-28-23-40-35-54-58-57(53(40)38-49)51-21-13-14-22-52(51)59(58)67-55-39-50(33-34-56(55)68-60(54)67)66(46-31-26-42(27-32-46)62(4,5)6)48-20-16-18-44(37-48)64(10,11)12/h13-39,59H,1-12H3/q+1. The van der Waals surface area contributed by atoms with E-state index >= 15 is 0 Å². The maximum Gasteiger partial charge on any atom is 0.383 e. The van der Waals surface area contributed by atoms with Crippen LogP contribution in [0.3, 0.4) is 0 Å². The molecular weight excluding hydrogens is 827 g/mol. The van der Waals surface area contributed by atoms with Gasteiger partial charge in [-0.3, -0.25) is 0 Å². The van der Waals surface area contributed by atoms with Crippen molar-refractivity contribution >= 4 is 56.0 Å². The van der Waals surface area contributed by atoms with Gasteiger partial charge in [0, 0.05) is 45.6 Å². The van der Waals surface area contributed by atoms with Gasteiger partial charge in [-0.15, -0.1) is 4.57 Å². The molecule has 11 rings (SSSR count). The predicted molar refractivity (Wildman–Crippen MR) is 286 cm³/mol. The molecule has 1 aliphatic carbocycles. The number of oxazole rings is 1. The molecule has 9 aromatic rings. The molecule has 0 saturated heterocycles. The highest BCUT2D eigenvalue weighted by molar-refractivity contribution is 6.07. The Labute approximate surface area is 403 Å². The van der Waals surface area contributed by atoms with Crippen LogP contribution < -0.4 is 14.4 Å². The Balaban J connectivity index is 1.09. The lowest BCUT2D eigenvalue weighted by Gasteiger charge is -2.29. The molecule has 4 nitrogen and oxygen atoms in total. The molecule has 0 amide bonds. The maximum atomic E-state index is 7.01. The van der Waals surface area contributed by atoms with Crippen molar-refractivity contribution in [3.05, 3.63) is 197 Å². The van der Waals surface area contributed by atoms with E-state index in [0.29, 0.717) is 0 Å². The zero-order valence-electron chi connectivity index (χ0n) is 41.9. The van der Waals surface area contributed by atoms with Gasteiger partial charge in [0.1, 0.15) is 0 Å². The van der Waals surface area contributed by atoms with Gasteiger partial charge >= 0.3 is 5.89 Å². The van der Waals surface area contributed by atoms with Crippen LogP contribution in [-0.4, -0.2) is 0 Å². The Morgan fingerprint density at radius 1 is 0.412 bits per heavy atom.